The summed E-state index contributed by atoms with van der Waals surface area (Å²) in [6, 6.07) is 5.35. The molecule has 0 aliphatic rings. The summed E-state index contributed by atoms with van der Waals surface area (Å²) in [7, 11) is 3.41. The van der Waals surface area contributed by atoms with E-state index in [1.165, 1.54) is 7.11 Å². The third-order valence-electron chi connectivity index (χ3n) is 2.81. The highest BCUT2D eigenvalue weighted by atomic mass is 16.5. The molecule has 0 saturated heterocycles. The van der Waals surface area contributed by atoms with Gasteiger partial charge in [-0.3, -0.25) is 4.68 Å². The Bertz CT molecular complexity index is 495. The molecular weight excluding hydrogens is 232 g/mol. The van der Waals surface area contributed by atoms with Crippen LogP contribution in [-0.4, -0.2) is 32.2 Å². The SMILES string of the molecule is COc1ccc(C(O)CCc2ccnn2C)nn1. The molecule has 0 amide bonds. The Kier molecular flexibility index (Phi) is 3.88. The van der Waals surface area contributed by atoms with E-state index in [-0.39, 0.29) is 0 Å². The summed E-state index contributed by atoms with van der Waals surface area (Å²) < 4.78 is 6.71. The van der Waals surface area contributed by atoms with Crippen molar-refractivity contribution >= 4 is 0 Å². The number of aromatic nitrogens is 4. The maximum Gasteiger partial charge on any atom is 0.233 e. The van der Waals surface area contributed by atoms with Gasteiger partial charge in [0.05, 0.1) is 18.9 Å². The molecule has 1 N–H and O–H groups in total. The van der Waals surface area contributed by atoms with Crippen molar-refractivity contribution in [1.29, 1.82) is 0 Å². The zero-order valence-electron chi connectivity index (χ0n) is 10.4. The Balaban J connectivity index is 1.94. The molecule has 6 nitrogen and oxygen atoms in total. The van der Waals surface area contributed by atoms with Crippen LogP contribution in [0.1, 0.15) is 23.9 Å². The number of aliphatic hydroxyl groups excluding tert-OH is 1. The van der Waals surface area contributed by atoms with Crippen LogP contribution in [-0.2, 0) is 13.5 Å². The molecule has 2 heterocycles. The molecule has 1 atom stereocenters. The molecule has 96 valence electrons. The van der Waals surface area contributed by atoms with Crippen LogP contribution in [0.25, 0.3) is 0 Å². The van der Waals surface area contributed by atoms with E-state index in [4.69, 9.17) is 4.74 Å². The molecule has 18 heavy (non-hydrogen) atoms. The number of methoxy groups -OCH3 is 1. The second-order valence-corrected chi connectivity index (χ2v) is 4.00. The standard InChI is InChI=1S/C12H16N4O2/c1-16-9(7-8-13-16)3-5-11(17)10-4-6-12(18-2)15-14-10/h4,6-8,11,17H,3,5H2,1-2H3. The number of ether oxygens (including phenoxy) is 1. The molecule has 2 aromatic rings. The number of aryl methyl sites for hydroxylation is 2. The molecule has 0 fully saturated rings. The van der Waals surface area contributed by atoms with E-state index >= 15 is 0 Å². The quantitative estimate of drug-likeness (QED) is 0.850. The van der Waals surface area contributed by atoms with Gasteiger partial charge < -0.3 is 9.84 Å². The van der Waals surface area contributed by atoms with Gasteiger partial charge in [0.25, 0.3) is 0 Å². The van der Waals surface area contributed by atoms with Gasteiger partial charge in [-0.05, 0) is 25.0 Å². The van der Waals surface area contributed by atoms with Crippen LogP contribution in [0.4, 0.5) is 0 Å². The fourth-order valence-corrected chi connectivity index (χ4v) is 1.70. The summed E-state index contributed by atoms with van der Waals surface area (Å²) in [5.74, 6) is 0.442. The number of hydrogen-bond acceptors (Lipinski definition) is 5. The van der Waals surface area contributed by atoms with Crippen LogP contribution in [0.5, 0.6) is 5.88 Å². The van der Waals surface area contributed by atoms with Crippen molar-refractivity contribution in [1.82, 2.24) is 20.0 Å². The number of hydrogen-bond donors (Lipinski definition) is 1. The Hall–Kier alpha value is -1.95. The smallest absolute Gasteiger partial charge is 0.233 e. The first-order valence-corrected chi connectivity index (χ1v) is 5.73. The van der Waals surface area contributed by atoms with Gasteiger partial charge >= 0.3 is 0 Å². The van der Waals surface area contributed by atoms with Gasteiger partial charge in [0.2, 0.25) is 5.88 Å². The molecule has 0 radical (unpaired) electrons. The summed E-state index contributed by atoms with van der Waals surface area (Å²) in [6.45, 7) is 0. The number of rotatable bonds is 5. The topological polar surface area (TPSA) is 73.1 Å². The largest absolute Gasteiger partial charge is 0.480 e. The molecule has 0 saturated carbocycles. The van der Waals surface area contributed by atoms with Crippen LogP contribution in [0, 0.1) is 0 Å². The summed E-state index contributed by atoms with van der Waals surface area (Å²) >= 11 is 0. The lowest BCUT2D eigenvalue weighted by Crippen LogP contribution is -2.06. The van der Waals surface area contributed by atoms with Gasteiger partial charge in [0, 0.05) is 25.0 Å². The highest BCUT2D eigenvalue weighted by Gasteiger charge is 2.11. The van der Waals surface area contributed by atoms with Crippen LogP contribution < -0.4 is 4.74 Å². The number of aliphatic hydroxyl groups is 1. The lowest BCUT2D eigenvalue weighted by atomic mass is 10.1. The Morgan fingerprint density at radius 2 is 2.17 bits per heavy atom. The van der Waals surface area contributed by atoms with Crippen molar-refractivity contribution in [2.45, 2.75) is 18.9 Å². The van der Waals surface area contributed by atoms with Crippen molar-refractivity contribution in [3.05, 3.63) is 35.8 Å². The first kappa shape index (κ1) is 12.5. The summed E-state index contributed by atoms with van der Waals surface area (Å²) in [5.41, 5.74) is 1.63. The average molecular weight is 248 g/mol. The van der Waals surface area contributed by atoms with Crippen molar-refractivity contribution in [3.8, 4) is 5.88 Å². The van der Waals surface area contributed by atoms with E-state index in [9.17, 15) is 5.11 Å². The van der Waals surface area contributed by atoms with Gasteiger partial charge in [-0.1, -0.05) is 0 Å². The third-order valence-corrected chi connectivity index (χ3v) is 2.81. The molecule has 0 spiro atoms. The zero-order chi connectivity index (χ0) is 13.0. The maximum absolute atomic E-state index is 10.0. The van der Waals surface area contributed by atoms with Gasteiger partial charge in [-0.2, -0.15) is 5.10 Å². The summed E-state index contributed by atoms with van der Waals surface area (Å²) in [4.78, 5) is 0. The minimum atomic E-state index is -0.627. The molecule has 0 aromatic carbocycles. The van der Waals surface area contributed by atoms with E-state index < -0.39 is 6.10 Å². The Morgan fingerprint density at radius 3 is 2.72 bits per heavy atom. The molecule has 0 aliphatic heterocycles. The second-order valence-electron chi connectivity index (χ2n) is 4.00. The van der Waals surface area contributed by atoms with Crippen molar-refractivity contribution in [2.75, 3.05) is 7.11 Å². The second kappa shape index (κ2) is 5.59. The Labute approximate surface area is 105 Å². The molecule has 2 rings (SSSR count). The lowest BCUT2D eigenvalue weighted by Gasteiger charge is -2.09. The summed E-state index contributed by atoms with van der Waals surface area (Å²) in [5, 5.41) is 21.8. The predicted molar refractivity (Wildman–Crippen MR) is 65.1 cm³/mol. The van der Waals surface area contributed by atoms with Crippen LogP contribution in [0.3, 0.4) is 0 Å². The van der Waals surface area contributed by atoms with E-state index in [1.807, 2.05) is 13.1 Å². The minimum Gasteiger partial charge on any atom is -0.480 e. The monoisotopic (exact) mass is 248 g/mol. The molecule has 1 unspecified atom stereocenters. The normalized spacial score (nSPS) is 12.4. The summed E-state index contributed by atoms with van der Waals surface area (Å²) in [6.07, 6.45) is 2.44. The highest BCUT2D eigenvalue weighted by Crippen LogP contribution is 2.17. The van der Waals surface area contributed by atoms with E-state index in [0.717, 1.165) is 12.1 Å². The van der Waals surface area contributed by atoms with Crippen LogP contribution >= 0.6 is 0 Å². The minimum absolute atomic E-state index is 0.442. The highest BCUT2D eigenvalue weighted by molar-refractivity contribution is 5.13. The zero-order valence-corrected chi connectivity index (χ0v) is 10.4. The van der Waals surface area contributed by atoms with Crippen molar-refractivity contribution in [2.24, 2.45) is 7.05 Å². The predicted octanol–water partition coefficient (Wildman–Crippen LogP) is 0.885. The van der Waals surface area contributed by atoms with E-state index in [0.29, 0.717) is 18.0 Å². The molecular formula is C12H16N4O2. The molecule has 0 bridgehead atoms. The third kappa shape index (κ3) is 2.84. The first-order valence-electron chi connectivity index (χ1n) is 5.73. The van der Waals surface area contributed by atoms with Gasteiger partial charge in [-0.15, -0.1) is 10.2 Å². The molecule has 0 aliphatic carbocycles. The van der Waals surface area contributed by atoms with Gasteiger partial charge in [0.1, 0.15) is 0 Å². The molecule has 6 heteroatoms. The van der Waals surface area contributed by atoms with Crippen molar-refractivity contribution < 1.29 is 9.84 Å². The maximum atomic E-state index is 10.0. The van der Waals surface area contributed by atoms with Crippen LogP contribution in [0.2, 0.25) is 0 Å². The lowest BCUT2D eigenvalue weighted by molar-refractivity contribution is 0.161. The Morgan fingerprint density at radius 1 is 1.33 bits per heavy atom. The van der Waals surface area contributed by atoms with Gasteiger partial charge in [0.15, 0.2) is 0 Å². The van der Waals surface area contributed by atoms with Crippen LogP contribution in [0.15, 0.2) is 24.4 Å². The van der Waals surface area contributed by atoms with E-state index in [2.05, 4.69) is 15.3 Å². The van der Waals surface area contributed by atoms with Crippen molar-refractivity contribution in [3.63, 3.8) is 0 Å². The first-order chi connectivity index (χ1) is 8.70. The average Bonchev–Trinajstić information content (AvgIpc) is 2.81. The van der Waals surface area contributed by atoms with E-state index in [1.54, 1.807) is 23.0 Å². The fraction of sp³-hybridized carbons (Fsp3) is 0.417. The number of nitrogens with zero attached hydrogens (tertiary/aromatic N) is 4. The molecule has 2 aromatic heterocycles. The fourth-order valence-electron chi connectivity index (χ4n) is 1.70. The van der Waals surface area contributed by atoms with Gasteiger partial charge in [-0.25, -0.2) is 0 Å².